The van der Waals surface area contributed by atoms with Crippen molar-refractivity contribution in [3.05, 3.63) is 56.6 Å². The van der Waals surface area contributed by atoms with E-state index in [2.05, 4.69) is 0 Å². The van der Waals surface area contributed by atoms with Crippen molar-refractivity contribution in [1.29, 1.82) is 0 Å². The molecule has 6 heteroatoms. The van der Waals surface area contributed by atoms with Gasteiger partial charge in [0.25, 0.3) is 0 Å². The summed E-state index contributed by atoms with van der Waals surface area (Å²) in [4.78, 5) is 16.6. The number of rotatable bonds is 0. The van der Waals surface area contributed by atoms with Crippen molar-refractivity contribution in [3.63, 3.8) is 0 Å². The Balaban J connectivity index is -0.000000152. The van der Waals surface area contributed by atoms with Crippen LogP contribution in [0.1, 0.15) is 13.8 Å². The number of benzene rings is 1. The second-order valence-corrected chi connectivity index (χ2v) is 2.03. The minimum Gasteiger partial charge on any atom is -0.265 e. The SMILES string of the molecule is CC.C[N+](=O)[O-].C[N+](=O)[O-].c1ccccc1. The van der Waals surface area contributed by atoms with Crippen LogP contribution in [-0.2, 0) is 0 Å². The Kier molecular flexibility index (Phi) is 22.9. The van der Waals surface area contributed by atoms with Gasteiger partial charge in [0, 0.05) is 9.85 Å². The van der Waals surface area contributed by atoms with Crippen molar-refractivity contribution >= 4 is 0 Å². The summed E-state index contributed by atoms with van der Waals surface area (Å²) in [5, 5.41) is 17.6. The molecule has 0 aromatic heterocycles. The maximum atomic E-state index is 8.81. The van der Waals surface area contributed by atoms with Crippen LogP contribution in [0.3, 0.4) is 0 Å². The van der Waals surface area contributed by atoms with Crippen molar-refractivity contribution in [2.45, 2.75) is 13.8 Å². The van der Waals surface area contributed by atoms with Crippen LogP contribution < -0.4 is 0 Å². The summed E-state index contributed by atoms with van der Waals surface area (Å²) in [7, 11) is 1.78. The van der Waals surface area contributed by atoms with Crippen molar-refractivity contribution in [2.75, 3.05) is 14.1 Å². The Hall–Kier alpha value is -1.98. The molecule has 1 rings (SSSR count). The van der Waals surface area contributed by atoms with E-state index in [0.29, 0.717) is 0 Å². The van der Waals surface area contributed by atoms with E-state index < -0.39 is 9.85 Å². The van der Waals surface area contributed by atoms with E-state index in [9.17, 15) is 0 Å². The molecule has 1 aromatic carbocycles. The van der Waals surface area contributed by atoms with E-state index in [1.54, 1.807) is 0 Å². The van der Waals surface area contributed by atoms with Crippen LogP contribution in [0.25, 0.3) is 0 Å². The van der Waals surface area contributed by atoms with Crippen molar-refractivity contribution in [1.82, 2.24) is 0 Å². The van der Waals surface area contributed by atoms with E-state index in [1.807, 2.05) is 50.2 Å². The summed E-state index contributed by atoms with van der Waals surface area (Å²) < 4.78 is 0. The van der Waals surface area contributed by atoms with E-state index in [-0.39, 0.29) is 0 Å². The lowest BCUT2D eigenvalue weighted by atomic mass is 10.4. The van der Waals surface area contributed by atoms with Gasteiger partial charge >= 0.3 is 0 Å². The van der Waals surface area contributed by atoms with Crippen LogP contribution in [0.4, 0.5) is 0 Å². The third-order valence-electron chi connectivity index (χ3n) is 0.667. The smallest absolute Gasteiger partial charge is 0.194 e. The first-order valence-corrected chi connectivity index (χ1v) is 4.62. The first-order chi connectivity index (χ1) is 7.46. The van der Waals surface area contributed by atoms with Crippen molar-refractivity contribution in [3.8, 4) is 0 Å². The summed E-state index contributed by atoms with van der Waals surface area (Å²) in [6.07, 6.45) is 0. The third-order valence-corrected chi connectivity index (χ3v) is 0.667. The fourth-order valence-corrected chi connectivity index (χ4v) is 0.385. The first kappa shape index (κ1) is 19.6. The number of hydrogen-bond acceptors (Lipinski definition) is 4. The van der Waals surface area contributed by atoms with Gasteiger partial charge in [-0.05, 0) is 0 Å². The third kappa shape index (κ3) is 90.3. The lowest BCUT2D eigenvalue weighted by molar-refractivity contribution is -0.445. The van der Waals surface area contributed by atoms with Gasteiger partial charge in [-0.1, -0.05) is 50.2 Å². The lowest BCUT2D eigenvalue weighted by Gasteiger charge is -1.69. The van der Waals surface area contributed by atoms with Crippen molar-refractivity contribution < 1.29 is 9.85 Å². The molecule has 0 heterocycles. The highest BCUT2D eigenvalue weighted by atomic mass is 16.6. The van der Waals surface area contributed by atoms with E-state index in [1.165, 1.54) is 0 Å². The van der Waals surface area contributed by atoms with Gasteiger partial charge in [-0.25, -0.2) is 0 Å². The van der Waals surface area contributed by atoms with Gasteiger partial charge in [0.1, 0.15) is 0 Å². The van der Waals surface area contributed by atoms with Gasteiger partial charge in [0.05, 0.1) is 0 Å². The van der Waals surface area contributed by atoms with Gasteiger partial charge in [-0.15, -0.1) is 0 Å². The molecule has 0 aliphatic carbocycles. The second kappa shape index (κ2) is 18.7. The van der Waals surface area contributed by atoms with Gasteiger partial charge in [-0.2, -0.15) is 0 Å². The van der Waals surface area contributed by atoms with Gasteiger partial charge in [-0.3, -0.25) is 20.2 Å². The van der Waals surface area contributed by atoms with Gasteiger partial charge < -0.3 is 0 Å². The summed E-state index contributed by atoms with van der Waals surface area (Å²) in [6, 6.07) is 12.0. The number of hydrogen-bond donors (Lipinski definition) is 0. The van der Waals surface area contributed by atoms with Crippen LogP contribution in [0.2, 0.25) is 0 Å². The molecule has 0 radical (unpaired) electrons. The average Bonchev–Trinajstić information content (AvgIpc) is 2.22. The molecule has 92 valence electrons. The molecule has 16 heavy (non-hydrogen) atoms. The second-order valence-electron chi connectivity index (χ2n) is 2.03. The molecule has 0 fully saturated rings. The Morgan fingerprint density at radius 1 is 0.688 bits per heavy atom. The van der Waals surface area contributed by atoms with Gasteiger partial charge in [0.15, 0.2) is 14.1 Å². The van der Waals surface area contributed by atoms with E-state index in [4.69, 9.17) is 20.2 Å². The van der Waals surface area contributed by atoms with Crippen LogP contribution >= 0.6 is 0 Å². The van der Waals surface area contributed by atoms with Crippen LogP contribution in [0, 0.1) is 20.2 Å². The lowest BCUT2D eigenvalue weighted by Crippen LogP contribution is -1.79. The van der Waals surface area contributed by atoms with Crippen molar-refractivity contribution in [2.24, 2.45) is 0 Å². The highest BCUT2D eigenvalue weighted by Gasteiger charge is 1.58. The molecule has 0 saturated carbocycles. The molecule has 0 spiro atoms. The maximum absolute atomic E-state index is 8.81. The summed E-state index contributed by atoms with van der Waals surface area (Å²) >= 11 is 0. The predicted molar refractivity (Wildman–Crippen MR) is 63.6 cm³/mol. The number of nitro groups is 2. The van der Waals surface area contributed by atoms with E-state index >= 15 is 0 Å². The largest absolute Gasteiger partial charge is 0.265 e. The normalized spacial score (nSPS) is 6.50. The topological polar surface area (TPSA) is 86.3 Å². The Morgan fingerprint density at radius 3 is 0.812 bits per heavy atom. The molecule has 6 nitrogen and oxygen atoms in total. The minimum absolute atomic E-state index is 0.500. The minimum atomic E-state index is -0.500. The molecule has 0 aliphatic rings. The Bertz CT molecular complexity index is 206. The molecule has 0 saturated heterocycles. The predicted octanol–water partition coefficient (Wildman–Crippen LogP) is 2.50. The fraction of sp³-hybridized carbons (Fsp3) is 0.400. The Morgan fingerprint density at radius 2 is 0.750 bits per heavy atom. The maximum Gasteiger partial charge on any atom is 0.194 e. The molecule has 0 atom stereocenters. The zero-order chi connectivity index (χ0) is 13.4. The summed E-state index contributed by atoms with van der Waals surface area (Å²) in [6.45, 7) is 4.00. The molecular formula is C10H18N2O4. The monoisotopic (exact) mass is 230 g/mol. The highest BCUT2D eigenvalue weighted by Crippen LogP contribution is 1.79. The quantitative estimate of drug-likeness (QED) is 0.506. The zero-order valence-corrected chi connectivity index (χ0v) is 9.99. The summed E-state index contributed by atoms with van der Waals surface area (Å²) in [5.41, 5.74) is 0. The van der Waals surface area contributed by atoms with Crippen LogP contribution in [0.15, 0.2) is 36.4 Å². The highest BCUT2D eigenvalue weighted by molar-refractivity contribution is 4.99. The fourth-order valence-electron chi connectivity index (χ4n) is 0.385. The molecular weight excluding hydrogens is 212 g/mol. The first-order valence-electron chi connectivity index (χ1n) is 4.62. The van der Waals surface area contributed by atoms with Crippen LogP contribution in [-0.4, -0.2) is 23.9 Å². The van der Waals surface area contributed by atoms with Gasteiger partial charge in [0.2, 0.25) is 0 Å². The van der Waals surface area contributed by atoms with E-state index in [0.717, 1.165) is 14.1 Å². The molecule has 0 bridgehead atoms. The molecule has 0 aliphatic heterocycles. The average molecular weight is 230 g/mol. The molecule has 0 unspecified atom stereocenters. The summed E-state index contributed by atoms with van der Waals surface area (Å²) in [5.74, 6) is 0. The Labute approximate surface area is 95.2 Å². The van der Waals surface area contributed by atoms with Crippen LogP contribution in [0.5, 0.6) is 0 Å². The zero-order valence-electron chi connectivity index (χ0n) is 9.99. The number of nitrogens with zero attached hydrogens (tertiary/aromatic N) is 2. The molecule has 0 N–H and O–H groups in total. The molecule has 1 aromatic rings. The standard InChI is InChI=1S/C6H6.C2H6.2CH3NO2/c1-2-4-6-5-3-1;1-2;2*1-2(3)4/h1-6H;1-2H3;2*1H3. The molecule has 0 amide bonds.